The number of benzene rings is 2. The fourth-order valence-corrected chi connectivity index (χ4v) is 3.84. The molecule has 29 heavy (non-hydrogen) atoms. The van der Waals surface area contributed by atoms with Gasteiger partial charge in [-0.25, -0.2) is 0 Å². The lowest BCUT2D eigenvalue weighted by Crippen LogP contribution is -3.14. The minimum absolute atomic E-state index is 0.0166. The molecule has 0 aromatic heterocycles. The second-order valence-electron chi connectivity index (χ2n) is 7.61. The number of carbonyl (C=O) groups excluding carboxylic acids is 2. The summed E-state index contributed by atoms with van der Waals surface area (Å²) in [5.74, 6) is 1.31. The first-order valence-corrected chi connectivity index (χ1v) is 9.98. The summed E-state index contributed by atoms with van der Waals surface area (Å²) in [5.41, 5.74) is 2.41. The lowest BCUT2D eigenvalue weighted by molar-refractivity contribution is -0.897. The number of nitrogens with one attached hydrogen (secondary N) is 3. The summed E-state index contributed by atoms with van der Waals surface area (Å²) in [5, 5.41) is 6.06. The Morgan fingerprint density at radius 2 is 1.83 bits per heavy atom. The Morgan fingerprint density at radius 1 is 1.07 bits per heavy atom. The first-order valence-electron chi connectivity index (χ1n) is 9.98. The van der Waals surface area contributed by atoms with Crippen LogP contribution in [-0.2, 0) is 4.79 Å². The summed E-state index contributed by atoms with van der Waals surface area (Å²) >= 11 is 0. The van der Waals surface area contributed by atoms with Gasteiger partial charge in [-0.05, 0) is 30.7 Å². The number of carbonyl (C=O) groups is 2. The number of anilines is 1. The van der Waals surface area contributed by atoms with Gasteiger partial charge in [-0.1, -0.05) is 18.2 Å². The molecule has 0 unspecified atom stereocenters. The molecule has 0 spiro atoms. The second kappa shape index (κ2) is 8.53. The van der Waals surface area contributed by atoms with Crippen LogP contribution in [0.15, 0.2) is 42.5 Å². The number of hydrogen-bond acceptors (Lipinski definition) is 4. The molecule has 7 nitrogen and oxygen atoms in total. The fraction of sp³-hybridized carbons (Fsp3) is 0.364. The normalized spacial score (nSPS) is 20.2. The van der Waals surface area contributed by atoms with Crippen LogP contribution in [0.2, 0.25) is 0 Å². The van der Waals surface area contributed by atoms with E-state index in [4.69, 9.17) is 9.47 Å². The monoisotopic (exact) mass is 396 g/mol. The molecule has 7 heteroatoms. The van der Waals surface area contributed by atoms with Gasteiger partial charge in [-0.2, -0.15) is 0 Å². The van der Waals surface area contributed by atoms with E-state index in [0.29, 0.717) is 23.7 Å². The number of likely N-dealkylation sites (tertiary alicyclic amines) is 1. The number of piperidine rings is 1. The van der Waals surface area contributed by atoms with Crippen LogP contribution < -0.4 is 25.0 Å². The standard InChI is InChI=1S/C22H25N3O4/c1-15-4-2-3-5-18(15)22(27)24-16-8-10-25(11-9-16)13-21(26)23-17-6-7-19-20(12-17)29-14-28-19/h2-7,12,16H,8-11,13-14H2,1H3,(H,23,26)(H,24,27)/p+1. The molecular weight excluding hydrogens is 370 g/mol. The SMILES string of the molecule is Cc1ccccc1C(=O)NC1CC[NH+](CC(=O)Nc2ccc3c(c2)OCO3)CC1. The highest BCUT2D eigenvalue weighted by molar-refractivity contribution is 5.95. The van der Waals surface area contributed by atoms with Crippen molar-refractivity contribution in [2.45, 2.75) is 25.8 Å². The molecule has 2 aliphatic heterocycles. The van der Waals surface area contributed by atoms with E-state index in [0.717, 1.165) is 37.1 Å². The number of aryl methyl sites for hydroxylation is 1. The number of quaternary nitrogens is 1. The van der Waals surface area contributed by atoms with Crippen LogP contribution >= 0.6 is 0 Å². The number of fused-ring (bicyclic) bond motifs is 1. The molecule has 0 saturated carbocycles. The second-order valence-corrected chi connectivity index (χ2v) is 7.61. The largest absolute Gasteiger partial charge is 0.454 e. The van der Waals surface area contributed by atoms with Crippen LogP contribution in [0, 0.1) is 6.92 Å². The Bertz CT molecular complexity index is 907. The Balaban J connectivity index is 1.23. The van der Waals surface area contributed by atoms with Crippen molar-refractivity contribution >= 4 is 17.5 Å². The Morgan fingerprint density at radius 3 is 2.62 bits per heavy atom. The van der Waals surface area contributed by atoms with Gasteiger partial charge in [0.25, 0.3) is 11.8 Å². The van der Waals surface area contributed by atoms with Gasteiger partial charge in [0, 0.05) is 36.2 Å². The molecule has 3 N–H and O–H groups in total. The van der Waals surface area contributed by atoms with E-state index < -0.39 is 0 Å². The molecule has 0 aliphatic carbocycles. The molecule has 2 aliphatic rings. The minimum Gasteiger partial charge on any atom is -0.454 e. The third kappa shape index (κ3) is 4.68. The topological polar surface area (TPSA) is 81.1 Å². The van der Waals surface area contributed by atoms with Crippen molar-refractivity contribution in [2.24, 2.45) is 0 Å². The maximum Gasteiger partial charge on any atom is 0.279 e. The average Bonchev–Trinajstić information content (AvgIpc) is 3.17. The number of rotatable bonds is 5. The van der Waals surface area contributed by atoms with Crippen molar-refractivity contribution in [3.8, 4) is 11.5 Å². The van der Waals surface area contributed by atoms with Crippen LogP contribution in [0.25, 0.3) is 0 Å². The van der Waals surface area contributed by atoms with Gasteiger partial charge in [-0.3, -0.25) is 9.59 Å². The number of hydrogen-bond donors (Lipinski definition) is 3. The summed E-state index contributed by atoms with van der Waals surface area (Å²) < 4.78 is 10.6. The molecule has 2 aromatic carbocycles. The number of ether oxygens (including phenoxy) is 2. The van der Waals surface area contributed by atoms with E-state index in [2.05, 4.69) is 10.6 Å². The molecule has 152 valence electrons. The quantitative estimate of drug-likeness (QED) is 0.708. The molecule has 2 aromatic rings. The van der Waals surface area contributed by atoms with Gasteiger partial charge in [0.2, 0.25) is 6.79 Å². The summed E-state index contributed by atoms with van der Waals surface area (Å²) in [6, 6.07) is 13.2. The molecule has 0 atom stereocenters. The molecule has 1 fully saturated rings. The van der Waals surface area contributed by atoms with Crippen molar-refractivity contribution in [1.29, 1.82) is 0 Å². The van der Waals surface area contributed by atoms with E-state index >= 15 is 0 Å². The predicted molar refractivity (Wildman–Crippen MR) is 108 cm³/mol. The highest BCUT2D eigenvalue weighted by atomic mass is 16.7. The highest BCUT2D eigenvalue weighted by Crippen LogP contribution is 2.34. The fourth-order valence-electron chi connectivity index (χ4n) is 3.84. The molecular formula is C22H26N3O4+. The maximum absolute atomic E-state index is 12.5. The molecule has 0 bridgehead atoms. The summed E-state index contributed by atoms with van der Waals surface area (Å²) in [4.78, 5) is 26.1. The summed E-state index contributed by atoms with van der Waals surface area (Å²) in [6.07, 6.45) is 1.73. The Hall–Kier alpha value is -3.06. The molecule has 0 radical (unpaired) electrons. The predicted octanol–water partition coefficient (Wildman–Crippen LogP) is 1.14. The van der Waals surface area contributed by atoms with Crippen molar-refractivity contribution < 1.29 is 24.0 Å². The smallest absolute Gasteiger partial charge is 0.279 e. The van der Waals surface area contributed by atoms with E-state index in [-0.39, 0.29) is 24.6 Å². The zero-order chi connectivity index (χ0) is 20.2. The maximum atomic E-state index is 12.5. The van der Waals surface area contributed by atoms with E-state index in [1.54, 1.807) is 12.1 Å². The van der Waals surface area contributed by atoms with Crippen LogP contribution in [-0.4, -0.2) is 44.3 Å². The van der Waals surface area contributed by atoms with Crippen LogP contribution in [0.1, 0.15) is 28.8 Å². The van der Waals surface area contributed by atoms with E-state index in [9.17, 15) is 9.59 Å². The van der Waals surface area contributed by atoms with Gasteiger partial charge in [0.1, 0.15) is 0 Å². The van der Waals surface area contributed by atoms with Crippen molar-refractivity contribution in [3.63, 3.8) is 0 Å². The number of amides is 2. The van der Waals surface area contributed by atoms with Gasteiger partial charge in [0.15, 0.2) is 18.0 Å². The highest BCUT2D eigenvalue weighted by Gasteiger charge is 2.26. The first kappa shape index (κ1) is 19.3. The van der Waals surface area contributed by atoms with Crippen LogP contribution in [0.5, 0.6) is 11.5 Å². The van der Waals surface area contributed by atoms with Crippen LogP contribution in [0.3, 0.4) is 0 Å². The van der Waals surface area contributed by atoms with Crippen molar-refractivity contribution in [2.75, 3.05) is 31.7 Å². The van der Waals surface area contributed by atoms with E-state index in [1.807, 2.05) is 37.3 Å². The van der Waals surface area contributed by atoms with Gasteiger partial charge in [0.05, 0.1) is 13.1 Å². The lowest BCUT2D eigenvalue weighted by Gasteiger charge is -2.29. The first-order chi connectivity index (χ1) is 14.1. The zero-order valence-electron chi connectivity index (χ0n) is 16.5. The summed E-state index contributed by atoms with van der Waals surface area (Å²) in [6.45, 7) is 4.28. The van der Waals surface area contributed by atoms with Gasteiger partial charge in [-0.15, -0.1) is 0 Å². The van der Waals surface area contributed by atoms with Gasteiger partial charge >= 0.3 is 0 Å². The Kier molecular flexibility index (Phi) is 5.67. The van der Waals surface area contributed by atoms with Crippen LogP contribution in [0.4, 0.5) is 5.69 Å². The minimum atomic E-state index is -0.0266. The van der Waals surface area contributed by atoms with Crippen molar-refractivity contribution in [3.05, 3.63) is 53.6 Å². The molecule has 1 saturated heterocycles. The van der Waals surface area contributed by atoms with Crippen molar-refractivity contribution in [1.82, 2.24) is 5.32 Å². The molecule has 2 amide bonds. The van der Waals surface area contributed by atoms with E-state index in [1.165, 1.54) is 4.90 Å². The van der Waals surface area contributed by atoms with Gasteiger partial charge < -0.3 is 25.0 Å². The molecule has 2 heterocycles. The average molecular weight is 396 g/mol. The third-order valence-electron chi connectivity index (χ3n) is 5.48. The Labute approximate surface area is 170 Å². The third-order valence-corrected chi connectivity index (χ3v) is 5.48. The summed E-state index contributed by atoms with van der Waals surface area (Å²) in [7, 11) is 0. The molecule has 4 rings (SSSR count). The lowest BCUT2D eigenvalue weighted by atomic mass is 10.0. The zero-order valence-corrected chi connectivity index (χ0v) is 16.5.